The lowest BCUT2D eigenvalue weighted by molar-refractivity contribution is -0.00618. The summed E-state index contributed by atoms with van der Waals surface area (Å²) in [6.45, 7) is 5.51. The molecule has 0 aromatic carbocycles. The fourth-order valence-corrected chi connectivity index (χ4v) is 1.41. The molecule has 0 atom stereocenters. The molecule has 5 nitrogen and oxygen atoms in total. The SMILES string of the molecule is CCCn1ncnc1CNC1COC1. The van der Waals surface area contributed by atoms with Crippen LogP contribution in [-0.2, 0) is 17.8 Å². The van der Waals surface area contributed by atoms with Crippen LogP contribution in [0.5, 0.6) is 0 Å². The summed E-state index contributed by atoms with van der Waals surface area (Å²) in [4.78, 5) is 4.21. The van der Waals surface area contributed by atoms with Crippen LogP contribution in [0.4, 0.5) is 0 Å². The van der Waals surface area contributed by atoms with E-state index in [0.717, 1.165) is 38.5 Å². The van der Waals surface area contributed by atoms with Crippen molar-refractivity contribution in [1.29, 1.82) is 0 Å². The molecule has 2 heterocycles. The van der Waals surface area contributed by atoms with Gasteiger partial charge in [-0.05, 0) is 6.42 Å². The molecule has 78 valence electrons. The topological polar surface area (TPSA) is 52.0 Å². The number of hydrogen-bond donors (Lipinski definition) is 1. The molecule has 1 aliphatic rings. The molecule has 5 heteroatoms. The van der Waals surface area contributed by atoms with Crippen molar-refractivity contribution in [3.63, 3.8) is 0 Å². The second-order valence-corrected chi connectivity index (χ2v) is 3.51. The van der Waals surface area contributed by atoms with Gasteiger partial charge in [0.25, 0.3) is 0 Å². The van der Waals surface area contributed by atoms with Crippen molar-refractivity contribution in [3.8, 4) is 0 Å². The summed E-state index contributed by atoms with van der Waals surface area (Å²) < 4.78 is 7.03. The average molecular weight is 196 g/mol. The van der Waals surface area contributed by atoms with E-state index in [1.165, 1.54) is 0 Å². The molecule has 0 amide bonds. The lowest BCUT2D eigenvalue weighted by atomic mass is 10.2. The molecule has 2 rings (SSSR count). The van der Waals surface area contributed by atoms with Crippen molar-refractivity contribution in [2.24, 2.45) is 0 Å². The molecule has 1 N–H and O–H groups in total. The lowest BCUT2D eigenvalue weighted by Gasteiger charge is -2.26. The Balaban J connectivity index is 1.84. The highest BCUT2D eigenvalue weighted by Gasteiger charge is 2.17. The van der Waals surface area contributed by atoms with Gasteiger partial charge in [-0.15, -0.1) is 0 Å². The maximum Gasteiger partial charge on any atom is 0.140 e. The largest absolute Gasteiger partial charge is 0.378 e. The standard InChI is InChI=1S/C9H16N4O/c1-2-3-13-9(11-7-12-13)4-10-8-5-14-6-8/h7-8,10H,2-6H2,1H3. The molecule has 14 heavy (non-hydrogen) atoms. The third kappa shape index (κ3) is 2.10. The predicted molar refractivity (Wildman–Crippen MR) is 51.8 cm³/mol. The van der Waals surface area contributed by atoms with Crippen LogP contribution in [0.25, 0.3) is 0 Å². The molecule has 0 aliphatic carbocycles. The van der Waals surface area contributed by atoms with E-state index in [4.69, 9.17) is 4.74 Å². The molecule has 1 saturated heterocycles. The van der Waals surface area contributed by atoms with Crippen molar-refractivity contribution < 1.29 is 4.74 Å². The zero-order chi connectivity index (χ0) is 9.80. The molecular weight excluding hydrogens is 180 g/mol. The van der Waals surface area contributed by atoms with Crippen molar-refractivity contribution in [2.75, 3.05) is 13.2 Å². The van der Waals surface area contributed by atoms with Gasteiger partial charge in [-0.3, -0.25) is 0 Å². The van der Waals surface area contributed by atoms with Crippen LogP contribution in [0.2, 0.25) is 0 Å². The third-order valence-corrected chi connectivity index (χ3v) is 2.32. The van der Waals surface area contributed by atoms with E-state index in [9.17, 15) is 0 Å². The van der Waals surface area contributed by atoms with Crippen LogP contribution >= 0.6 is 0 Å². The van der Waals surface area contributed by atoms with Crippen molar-refractivity contribution in [3.05, 3.63) is 12.2 Å². The lowest BCUT2D eigenvalue weighted by Crippen LogP contribution is -2.45. The number of hydrogen-bond acceptors (Lipinski definition) is 4. The highest BCUT2D eigenvalue weighted by atomic mass is 16.5. The maximum absolute atomic E-state index is 5.08. The quantitative estimate of drug-likeness (QED) is 0.729. The monoisotopic (exact) mass is 196 g/mol. The zero-order valence-corrected chi connectivity index (χ0v) is 8.44. The van der Waals surface area contributed by atoms with E-state index in [1.54, 1.807) is 6.33 Å². The summed E-state index contributed by atoms with van der Waals surface area (Å²) in [5.74, 6) is 1.01. The van der Waals surface area contributed by atoms with Crippen LogP contribution in [0.3, 0.4) is 0 Å². The van der Waals surface area contributed by atoms with Gasteiger partial charge in [0, 0.05) is 6.54 Å². The minimum atomic E-state index is 0.502. The van der Waals surface area contributed by atoms with Crippen LogP contribution in [0.15, 0.2) is 6.33 Å². The van der Waals surface area contributed by atoms with Gasteiger partial charge in [0.2, 0.25) is 0 Å². The Morgan fingerprint density at radius 3 is 3.14 bits per heavy atom. The Kier molecular flexibility index (Phi) is 3.10. The van der Waals surface area contributed by atoms with E-state index in [1.807, 2.05) is 4.68 Å². The maximum atomic E-state index is 5.08. The highest BCUT2D eigenvalue weighted by Crippen LogP contribution is 2.02. The van der Waals surface area contributed by atoms with Gasteiger partial charge in [0.15, 0.2) is 0 Å². The first-order chi connectivity index (χ1) is 6.90. The number of nitrogens with zero attached hydrogens (tertiary/aromatic N) is 3. The smallest absolute Gasteiger partial charge is 0.140 e. The fourth-order valence-electron chi connectivity index (χ4n) is 1.41. The highest BCUT2D eigenvalue weighted by molar-refractivity contribution is 4.86. The normalized spacial score (nSPS) is 16.9. The third-order valence-electron chi connectivity index (χ3n) is 2.32. The van der Waals surface area contributed by atoms with E-state index < -0.39 is 0 Å². The molecule has 0 spiro atoms. The van der Waals surface area contributed by atoms with E-state index >= 15 is 0 Å². The van der Waals surface area contributed by atoms with Crippen LogP contribution in [-0.4, -0.2) is 34.0 Å². The summed E-state index contributed by atoms with van der Waals surface area (Å²) >= 11 is 0. The number of aromatic nitrogens is 3. The van der Waals surface area contributed by atoms with Crippen molar-refractivity contribution in [1.82, 2.24) is 20.1 Å². The van der Waals surface area contributed by atoms with Gasteiger partial charge in [-0.1, -0.05) is 6.92 Å². The number of aryl methyl sites for hydroxylation is 1. The summed E-state index contributed by atoms with van der Waals surface area (Å²) in [5, 5.41) is 7.53. The minimum absolute atomic E-state index is 0.502. The van der Waals surface area contributed by atoms with Gasteiger partial charge < -0.3 is 10.1 Å². The number of nitrogens with one attached hydrogen (secondary N) is 1. The first-order valence-corrected chi connectivity index (χ1v) is 5.08. The molecule has 0 unspecified atom stereocenters. The van der Waals surface area contributed by atoms with Gasteiger partial charge in [0.05, 0.1) is 25.8 Å². The first-order valence-electron chi connectivity index (χ1n) is 5.08. The molecule has 0 radical (unpaired) electrons. The Hall–Kier alpha value is -0.940. The Bertz CT molecular complexity index is 282. The fraction of sp³-hybridized carbons (Fsp3) is 0.778. The Labute approximate surface area is 83.5 Å². The molecule has 1 aromatic heterocycles. The van der Waals surface area contributed by atoms with Crippen molar-refractivity contribution >= 4 is 0 Å². The first kappa shape index (κ1) is 9.61. The second kappa shape index (κ2) is 4.52. The van der Waals surface area contributed by atoms with Gasteiger partial charge in [-0.25, -0.2) is 9.67 Å². The van der Waals surface area contributed by atoms with Gasteiger partial charge in [-0.2, -0.15) is 5.10 Å². The number of rotatable bonds is 5. The number of ether oxygens (including phenoxy) is 1. The summed E-state index contributed by atoms with van der Waals surface area (Å²) in [6.07, 6.45) is 2.70. The van der Waals surface area contributed by atoms with Crippen LogP contribution in [0.1, 0.15) is 19.2 Å². The summed E-state index contributed by atoms with van der Waals surface area (Å²) in [6, 6.07) is 0.502. The molecule has 1 fully saturated rings. The van der Waals surface area contributed by atoms with E-state index in [0.29, 0.717) is 6.04 Å². The van der Waals surface area contributed by atoms with E-state index in [2.05, 4.69) is 22.3 Å². The molecular formula is C9H16N4O. The predicted octanol–water partition coefficient (Wildman–Crippen LogP) is 0.176. The molecule has 0 saturated carbocycles. The zero-order valence-electron chi connectivity index (χ0n) is 8.44. The minimum Gasteiger partial charge on any atom is -0.378 e. The molecule has 0 bridgehead atoms. The Morgan fingerprint density at radius 2 is 2.50 bits per heavy atom. The van der Waals surface area contributed by atoms with E-state index in [-0.39, 0.29) is 0 Å². The Morgan fingerprint density at radius 1 is 1.64 bits per heavy atom. The van der Waals surface area contributed by atoms with Crippen molar-refractivity contribution in [2.45, 2.75) is 32.5 Å². The second-order valence-electron chi connectivity index (χ2n) is 3.51. The van der Waals surface area contributed by atoms with Gasteiger partial charge in [0.1, 0.15) is 12.2 Å². The summed E-state index contributed by atoms with van der Waals surface area (Å²) in [5.41, 5.74) is 0. The van der Waals surface area contributed by atoms with Crippen LogP contribution in [0, 0.1) is 0 Å². The van der Waals surface area contributed by atoms with Gasteiger partial charge >= 0.3 is 0 Å². The summed E-state index contributed by atoms with van der Waals surface area (Å²) in [7, 11) is 0. The molecule has 1 aliphatic heterocycles. The average Bonchev–Trinajstić information content (AvgIpc) is 2.51. The van der Waals surface area contributed by atoms with Crippen LogP contribution < -0.4 is 5.32 Å². The molecule has 1 aromatic rings.